The minimum absolute atomic E-state index is 0.260. The molecule has 1 aliphatic rings. The third-order valence-corrected chi connectivity index (χ3v) is 4.20. The van der Waals surface area contributed by atoms with Crippen LogP contribution in [0, 0.1) is 5.41 Å². The molecule has 1 aromatic heterocycles. The number of rotatable bonds is 5. The summed E-state index contributed by atoms with van der Waals surface area (Å²) in [5.41, 5.74) is -0.888. The molecular weight excluding hydrogens is 274 g/mol. The number of aliphatic carboxylic acids is 1. The number of carboxylic acid groups (broad SMARTS) is 1. The lowest BCUT2D eigenvalue weighted by Gasteiger charge is -2.27. The number of hydrogen-bond acceptors (Lipinski definition) is 4. The highest BCUT2D eigenvalue weighted by Crippen LogP contribution is 2.38. The molecule has 2 amide bonds. The van der Waals surface area contributed by atoms with E-state index in [9.17, 15) is 14.7 Å². The smallest absolute Gasteiger partial charge is 0.315 e. The SMILES string of the molecule is CCn1cnnc1CNC(=O)NC1CCCC1(C)C(=O)O. The van der Waals surface area contributed by atoms with Crippen LogP contribution in [0.4, 0.5) is 4.79 Å². The Bertz CT molecular complexity index is 530. The van der Waals surface area contributed by atoms with E-state index in [1.165, 1.54) is 0 Å². The van der Waals surface area contributed by atoms with Gasteiger partial charge in [0, 0.05) is 12.6 Å². The van der Waals surface area contributed by atoms with Gasteiger partial charge in [-0.3, -0.25) is 4.79 Å². The third kappa shape index (κ3) is 3.14. The summed E-state index contributed by atoms with van der Waals surface area (Å²) >= 11 is 0. The summed E-state index contributed by atoms with van der Waals surface area (Å²) in [5, 5.41) is 22.5. The average Bonchev–Trinajstić information content (AvgIpc) is 3.04. The van der Waals surface area contributed by atoms with Crippen LogP contribution < -0.4 is 10.6 Å². The van der Waals surface area contributed by atoms with Gasteiger partial charge in [-0.05, 0) is 26.7 Å². The zero-order valence-corrected chi connectivity index (χ0v) is 12.3. The maximum atomic E-state index is 11.9. The van der Waals surface area contributed by atoms with E-state index in [1.807, 2.05) is 11.5 Å². The molecule has 1 aromatic rings. The van der Waals surface area contributed by atoms with E-state index in [0.717, 1.165) is 13.0 Å². The molecule has 1 aliphatic carbocycles. The van der Waals surface area contributed by atoms with Gasteiger partial charge < -0.3 is 20.3 Å². The molecule has 2 unspecified atom stereocenters. The predicted octanol–water partition coefficient (Wildman–Crippen LogP) is 0.741. The Morgan fingerprint density at radius 3 is 3.00 bits per heavy atom. The predicted molar refractivity (Wildman–Crippen MR) is 74.4 cm³/mol. The van der Waals surface area contributed by atoms with Gasteiger partial charge in [0.1, 0.15) is 6.33 Å². The van der Waals surface area contributed by atoms with Gasteiger partial charge in [0.25, 0.3) is 0 Å². The molecule has 2 rings (SSSR count). The maximum Gasteiger partial charge on any atom is 0.315 e. The van der Waals surface area contributed by atoms with E-state index >= 15 is 0 Å². The lowest BCUT2D eigenvalue weighted by molar-refractivity contribution is -0.148. The van der Waals surface area contributed by atoms with E-state index < -0.39 is 11.4 Å². The van der Waals surface area contributed by atoms with Crippen LogP contribution in [-0.2, 0) is 17.9 Å². The van der Waals surface area contributed by atoms with Crippen molar-refractivity contribution >= 4 is 12.0 Å². The molecule has 0 aromatic carbocycles. The van der Waals surface area contributed by atoms with Crippen LogP contribution in [0.3, 0.4) is 0 Å². The monoisotopic (exact) mass is 295 g/mol. The second-order valence-electron chi connectivity index (χ2n) is 5.53. The Hall–Kier alpha value is -2.12. The van der Waals surface area contributed by atoms with Crippen LogP contribution in [0.2, 0.25) is 0 Å². The minimum Gasteiger partial charge on any atom is -0.481 e. The fourth-order valence-electron chi connectivity index (χ4n) is 2.70. The van der Waals surface area contributed by atoms with Gasteiger partial charge in [0.2, 0.25) is 0 Å². The maximum absolute atomic E-state index is 11.9. The lowest BCUT2D eigenvalue weighted by Crippen LogP contribution is -2.50. The van der Waals surface area contributed by atoms with Gasteiger partial charge in [-0.2, -0.15) is 0 Å². The topological polar surface area (TPSA) is 109 Å². The molecule has 1 heterocycles. The molecule has 21 heavy (non-hydrogen) atoms. The summed E-state index contributed by atoms with van der Waals surface area (Å²) < 4.78 is 1.83. The Morgan fingerprint density at radius 1 is 1.57 bits per heavy atom. The van der Waals surface area contributed by atoms with E-state index in [4.69, 9.17) is 0 Å². The molecule has 8 heteroatoms. The summed E-state index contributed by atoms with van der Waals surface area (Å²) in [6.45, 7) is 4.63. The van der Waals surface area contributed by atoms with Crippen LogP contribution in [0.25, 0.3) is 0 Å². The molecule has 1 fully saturated rings. The summed E-state index contributed by atoms with van der Waals surface area (Å²) in [7, 11) is 0. The third-order valence-electron chi connectivity index (χ3n) is 4.20. The first-order valence-electron chi connectivity index (χ1n) is 7.12. The van der Waals surface area contributed by atoms with Crippen molar-refractivity contribution in [2.75, 3.05) is 0 Å². The zero-order chi connectivity index (χ0) is 15.5. The van der Waals surface area contributed by atoms with Gasteiger partial charge in [0.05, 0.1) is 12.0 Å². The summed E-state index contributed by atoms with van der Waals surface area (Å²) in [6, 6.07) is -0.723. The quantitative estimate of drug-likeness (QED) is 0.742. The Kier molecular flexibility index (Phi) is 4.44. The average molecular weight is 295 g/mol. The van der Waals surface area contributed by atoms with Crippen molar-refractivity contribution in [2.45, 2.75) is 52.2 Å². The Labute approximate surface area is 122 Å². The number of aromatic nitrogens is 3. The molecule has 116 valence electrons. The van der Waals surface area contributed by atoms with Gasteiger partial charge in [0.15, 0.2) is 5.82 Å². The molecular formula is C13H21N5O3. The standard InChI is InChI=1S/C13H21N5O3/c1-3-18-8-15-17-10(18)7-14-12(21)16-9-5-4-6-13(9,2)11(19)20/h8-9H,3-7H2,1-2H3,(H,19,20)(H2,14,16,21). The van der Waals surface area contributed by atoms with Crippen LogP contribution in [0.15, 0.2) is 6.33 Å². The van der Waals surface area contributed by atoms with Crippen molar-refractivity contribution in [3.63, 3.8) is 0 Å². The Balaban J connectivity index is 1.89. The van der Waals surface area contributed by atoms with Crippen molar-refractivity contribution in [3.8, 4) is 0 Å². The van der Waals surface area contributed by atoms with Gasteiger partial charge >= 0.3 is 12.0 Å². The number of carbonyl (C=O) groups excluding carboxylic acids is 1. The van der Waals surface area contributed by atoms with E-state index in [1.54, 1.807) is 13.3 Å². The second kappa shape index (κ2) is 6.11. The van der Waals surface area contributed by atoms with E-state index in [-0.39, 0.29) is 18.6 Å². The highest BCUT2D eigenvalue weighted by Gasteiger charge is 2.45. The molecule has 0 bridgehead atoms. The van der Waals surface area contributed by atoms with Crippen LogP contribution in [0.1, 0.15) is 38.9 Å². The normalized spacial score (nSPS) is 24.8. The lowest BCUT2D eigenvalue weighted by atomic mass is 9.85. The molecule has 2 atom stereocenters. The first kappa shape index (κ1) is 15.3. The van der Waals surface area contributed by atoms with Crippen molar-refractivity contribution in [2.24, 2.45) is 5.41 Å². The number of amides is 2. The fourth-order valence-corrected chi connectivity index (χ4v) is 2.70. The number of carbonyl (C=O) groups is 2. The first-order valence-corrected chi connectivity index (χ1v) is 7.12. The highest BCUT2D eigenvalue weighted by molar-refractivity contribution is 5.79. The van der Waals surface area contributed by atoms with Gasteiger partial charge in [-0.25, -0.2) is 4.79 Å². The number of hydrogen-bond donors (Lipinski definition) is 3. The largest absolute Gasteiger partial charge is 0.481 e. The first-order chi connectivity index (χ1) is 9.97. The Morgan fingerprint density at radius 2 is 2.33 bits per heavy atom. The molecule has 8 nitrogen and oxygen atoms in total. The van der Waals surface area contributed by atoms with Crippen LogP contribution in [-0.4, -0.2) is 37.9 Å². The molecule has 0 saturated heterocycles. The van der Waals surface area contributed by atoms with Gasteiger partial charge in [-0.15, -0.1) is 10.2 Å². The van der Waals surface area contributed by atoms with Crippen molar-refractivity contribution in [3.05, 3.63) is 12.2 Å². The number of urea groups is 1. The molecule has 3 N–H and O–H groups in total. The molecule has 0 aliphatic heterocycles. The molecule has 0 radical (unpaired) electrons. The summed E-state index contributed by atoms with van der Waals surface area (Å²) in [5.74, 6) is -0.198. The van der Waals surface area contributed by atoms with Gasteiger partial charge in [-0.1, -0.05) is 6.42 Å². The van der Waals surface area contributed by atoms with Crippen LogP contribution in [0.5, 0.6) is 0 Å². The van der Waals surface area contributed by atoms with E-state index in [2.05, 4.69) is 20.8 Å². The molecule has 0 spiro atoms. The summed E-state index contributed by atoms with van der Waals surface area (Å²) in [4.78, 5) is 23.3. The van der Waals surface area contributed by atoms with Crippen LogP contribution >= 0.6 is 0 Å². The molecule has 1 saturated carbocycles. The van der Waals surface area contributed by atoms with Crippen molar-refractivity contribution < 1.29 is 14.7 Å². The van der Waals surface area contributed by atoms with Crippen molar-refractivity contribution in [1.29, 1.82) is 0 Å². The zero-order valence-electron chi connectivity index (χ0n) is 12.3. The number of carboxylic acids is 1. The number of nitrogens with one attached hydrogen (secondary N) is 2. The summed E-state index contributed by atoms with van der Waals surface area (Å²) in [6.07, 6.45) is 3.67. The van der Waals surface area contributed by atoms with Crippen molar-refractivity contribution in [1.82, 2.24) is 25.4 Å². The fraction of sp³-hybridized carbons (Fsp3) is 0.692. The van der Waals surface area contributed by atoms with E-state index in [0.29, 0.717) is 18.7 Å². The number of nitrogens with zero attached hydrogens (tertiary/aromatic N) is 3. The highest BCUT2D eigenvalue weighted by atomic mass is 16.4. The second-order valence-corrected chi connectivity index (χ2v) is 5.53. The number of aryl methyl sites for hydroxylation is 1. The minimum atomic E-state index is -0.888.